The zero-order valence-electron chi connectivity index (χ0n) is 10.2. The van der Waals surface area contributed by atoms with Crippen LogP contribution in [0.25, 0.3) is 0 Å². The summed E-state index contributed by atoms with van der Waals surface area (Å²) in [6, 6.07) is -0.991. The molecule has 1 aromatic heterocycles. The lowest BCUT2D eigenvalue weighted by atomic mass is 10.2. The van der Waals surface area contributed by atoms with Crippen molar-refractivity contribution < 1.29 is 19.6 Å². The van der Waals surface area contributed by atoms with Crippen LogP contribution in [0, 0.1) is 17.0 Å². The lowest BCUT2D eigenvalue weighted by molar-refractivity contribution is -0.385. The number of carbonyl (C=O) groups is 1. The average molecular weight is 334 g/mol. The fourth-order valence-electron chi connectivity index (χ4n) is 1.36. The predicted molar refractivity (Wildman–Crippen MR) is 70.3 cm³/mol. The summed E-state index contributed by atoms with van der Waals surface area (Å²) in [4.78, 5) is 25.0. The number of aromatic nitrogens is 1. The molecule has 0 bridgehead atoms. The third-order valence-electron chi connectivity index (χ3n) is 2.38. The van der Waals surface area contributed by atoms with E-state index in [0.717, 1.165) is 6.20 Å². The normalized spacial score (nSPS) is 11.9. The second kappa shape index (κ2) is 6.43. The first-order valence-corrected chi connectivity index (χ1v) is 5.95. The van der Waals surface area contributed by atoms with Crippen LogP contribution in [0.15, 0.2) is 10.7 Å². The Balaban J connectivity index is 3.05. The Kier molecular flexibility index (Phi) is 5.19. The molecule has 0 radical (unpaired) electrons. The number of ether oxygens (including phenoxy) is 1. The molecule has 0 aliphatic heterocycles. The van der Waals surface area contributed by atoms with E-state index in [1.165, 1.54) is 7.11 Å². The van der Waals surface area contributed by atoms with E-state index in [2.05, 4.69) is 26.2 Å². The highest BCUT2D eigenvalue weighted by Gasteiger charge is 2.22. The maximum Gasteiger partial charge on any atom is 0.328 e. The predicted octanol–water partition coefficient (Wildman–Crippen LogP) is 1.57. The maximum absolute atomic E-state index is 11.0. The fraction of sp³-hybridized carbons (Fsp3) is 0.400. The molecule has 2 N–H and O–H groups in total. The molecule has 9 heteroatoms. The Hall–Kier alpha value is -1.74. The van der Waals surface area contributed by atoms with Crippen LogP contribution in [0.5, 0.6) is 0 Å². The molecular formula is C10H12BrN3O5. The first-order valence-electron chi connectivity index (χ1n) is 5.16. The minimum atomic E-state index is -1.11. The molecule has 1 atom stereocenters. The van der Waals surface area contributed by atoms with Gasteiger partial charge in [-0.05, 0) is 22.9 Å². The zero-order chi connectivity index (χ0) is 14.6. The number of rotatable bonds is 6. The van der Waals surface area contributed by atoms with Crippen LogP contribution in [0.1, 0.15) is 5.56 Å². The Labute approximate surface area is 117 Å². The van der Waals surface area contributed by atoms with E-state index in [0.29, 0.717) is 10.0 Å². The van der Waals surface area contributed by atoms with Crippen molar-refractivity contribution in [3.63, 3.8) is 0 Å². The molecule has 0 spiro atoms. The molecule has 0 amide bonds. The van der Waals surface area contributed by atoms with Crippen LogP contribution >= 0.6 is 15.9 Å². The number of nitrogens with one attached hydrogen (secondary N) is 1. The van der Waals surface area contributed by atoms with Crippen LogP contribution in [-0.4, -0.2) is 40.7 Å². The second-order valence-corrected chi connectivity index (χ2v) is 4.47. The number of pyridine rings is 1. The summed E-state index contributed by atoms with van der Waals surface area (Å²) < 4.78 is 5.13. The number of halogens is 1. The standard InChI is InChI=1S/C10H12BrN3O5/c1-5-7(14(17)18)3-12-9(8(5)11)13-6(4-19-2)10(15)16/h3,6H,4H2,1-2H3,(H,12,13)(H,15,16). The zero-order valence-corrected chi connectivity index (χ0v) is 11.8. The van der Waals surface area contributed by atoms with Crippen molar-refractivity contribution >= 4 is 33.4 Å². The topological polar surface area (TPSA) is 115 Å². The molecule has 0 aliphatic rings. The molecule has 1 unspecified atom stereocenters. The summed E-state index contributed by atoms with van der Waals surface area (Å²) >= 11 is 3.16. The van der Waals surface area contributed by atoms with Crippen molar-refractivity contribution in [3.05, 3.63) is 26.3 Å². The molecule has 0 aliphatic carbocycles. The number of aliphatic carboxylic acids is 1. The number of nitro groups is 1. The monoisotopic (exact) mass is 333 g/mol. The van der Waals surface area contributed by atoms with Gasteiger partial charge in [-0.3, -0.25) is 10.1 Å². The number of hydrogen-bond acceptors (Lipinski definition) is 6. The van der Waals surface area contributed by atoms with Gasteiger partial charge in [-0.1, -0.05) is 0 Å². The van der Waals surface area contributed by atoms with Crippen LogP contribution in [0.3, 0.4) is 0 Å². The average Bonchev–Trinajstić information content (AvgIpc) is 2.33. The van der Waals surface area contributed by atoms with Gasteiger partial charge in [-0.15, -0.1) is 0 Å². The number of anilines is 1. The summed E-state index contributed by atoms with van der Waals surface area (Å²) in [5.74, 6) is -0.890. The van der Waals surface area contributed by atoms with E-state index in [9.17, 15) is 14.9 Å². The van der Waals surface area contributed by atoms with E-state index >= 15 is 0 Å². The molecule has 0 saturated heterocycles. The third-order valence-corrected chi connectivity index (χ3v) is 3.35. The molecular weight excluding hydrogens is 322 g/mol. The van der Waals surface area contributed by atoms with Gasteiger partial charge in [0.05, 0.1) is 16.0 Å². The minimum absolute atomic E-state index is 0.0561. The van der Waals surface area contributed by atoms with Gasteiger partial charge < -0.3 is 15.2 Å². The van der Waals surface area contributed by atoms with Crippen molar-refractivity contribution in [1.82, 2.24) is 4.98 Å². The quantitative estimate of drug-likeness (QED) is 0.599. The highest BCUT2D eigenvalue weighted by atomic mass is 79.9. The molecule has 19 heavy (non-hydrogen) atoms. The smallest absolute Gasteiger partial charge is 0.328 e. The van der Waals surface area contributed by atoms with Gasteiger partial charge in [0.1, 0.15) is 18.1 Å². The van der Waals surface area contributed by atoms with E-state index in [1.807, 2.05) is 0 Å². The SMILES string of the molecule is COCC(Nc1ncc([N+](=O)[O-])c(C)c1Br)C(=O)O. The molecule has 8 nitrogen and oxygen atoms in total. The summed E-state index contributed by atoms with van der Waals surface area (Å²) in [5, 5.41) is 22.4. The van der Waals surface area contributed by atoms with Gasteiger partial charge in [0.15, 0.2) is 0 Å². The second-order valence-electron chi connectivity index (χ2n) is 3.68. The third kappa shape index (κ3) is 3.61. The molecule has 0 saturated carbocycles. The van der Waals surface area contributed by atoms with Crippen molar-refractivity contribution in [3.8, 4) is 0 Å². The molecule has 1 rings (SSSR count). The number of nitrogens with zero attached hydrogens (tertiary/aromatic N) is 2. The van der Waals surface area contributed by atoms with E-state index in [1.54, 1.807) is 6.92 Å². The van der Waals surface area contributed by atoms with E-state index < -0.39 is 16.9 Å². The van der Waals surface area contributed by atoms with E-state index in [-0.39, 0.29) is 18.1 Å². The molecule has 0 fully saturated rings. The number of hydrogen-bond donors (Lipinski definition) is 2. The molecule has 104 valence electrons. The van der Waals surface area contributed by atoms with Gasteiger partial charge in [0.25, 0.3) is 5.69 Å². The van der Waals surface area contributed by atoms with Crippen LogP contribution in [-0.2, 0) is 9.53 Å². The van der Waals surface area contributed by atoms with Gasteiger partial charge in [-0.25, -0.2) is 9.78 Å². The van der Waals surface area contributed by atoms with Gasteiger partial charge >= 0.3 is 5.97 Å². The largest absolute Gasteiger partial charge is 0.480 e. The minimum Gasteiger partial charge on any atom is -0.480 e. The fourth-order valence-corrected chi connectivity index (χ4v) is 1.78. The first-order chi connectivity index (χ1) is 8.88. The lowest BCUT2D eigenvalue weighted by Crippen LogP contribution is -2.34. The maximum atomic E-state index is 11.0. The molecule has 1 heterocycles. The lowest BCUT2D eigenvalue weighted by Gasteiger charge is -2.15. The van der Waals surface area contributed by atoms with E-state index in [4.69, 9.17) is 9.84 Å². The highest BCUT2D eigenvalue weighted by Crippen LogP contribution is 2.30. The van der Waals surface area contributed by atoms with Crippen LogP contribution in [0.4, 0.5) is 11.5 Å². The summed E-state index contributed by atoms with van der Waals surface area (Å²) in [6.07, 6.45) is 1.08. The van der Waals surface area contributed by atoms with Gasteiger partial charge in [0, 0.05) is 12.7 Å². The summed E-state index contributed by atoms with van der Waals surface area (Å²) in [7, 11) is 1.38. The summed E-state index contributed by atoms with van der Waals surface area (Å²) in [5.41, 5.74) is 0.222. The number of methoxy groups -OCH3 is 1. The first kappa shape index (κ1) is 15.3. The van der Waals surface area contributed by atoms with Crippen molar-refractivity contribution in [2.75, 3.05) is 19.0 Å². The van der Waals surface area contributed by atoms with Crippen LogP contribution in [0.2, 0.25) is 0 Å². The Morgan fingerprint density at radius 3 is 2.84 bits per heavy atom. The van der Waals surface area contributed by atoms with Crippen molar-refractivity contribution in [1.29, 1.82) is 0 Å². The molecule has 1 aromatic rings. The van der Waals surface area contributed by atoms with Gasteiger partial charge in [0.2, 0.25) is 0 Å². The van der Waals surface area contributed by atoms with Gasteiger partial charge in [-0.2, -0.15) is 0 Å². The Morgan fingerprint density at radius 1 is 1.74 bits per heavy atom. The van der Waals surface area contributed by atoms with Crippen molar-refractivity contribution in [2.45, 2.75) is 13.0 Å². The number of carboxylic acids is 1. The van der Waals surface area contributed by atoms with Crippen molar-refractivity contribution in [2.24, 2.45) is 0 Å². The Bertz CT molecular complexity index is 508. The number of carboxylic acid groups (broad SMARTS) is 1. The summed E-state index contributed by atoms with van der Waals surface area (Å²) in [6.45, 7) is 1.49. The van der Waals surface area contributed by atoms with Crippen LogP contribution < -0.4 is 5.32 Å². The highest BCUT2D eigenvalue weighted by molar-refractivity contribution is 9.10. The molecule has 0 aromatic carbocycles. The Morgan fingerprint density at radius 2 is 2.37 bits per heavy atom.